The molecule has 0 aliphatic heterocycles. The number of nitrogens with zero attached hydrogens (tertiary/aromatic N) is 1. The van der Waals surface area contributed by atoms with Crippen LogP contribution in [0.2, 0.25) is 0 Å². The van der Waals surface area contributed by atoms with Crippen molar-refractivity contribution in [2.24, 2.45) is 0 Å². The largest absolute Gasteiger partial charge is 0.490 e. The van der Waals surface area contributed by atoms with Crippen LogP contribution < -0.4 is 4.74 Å². The lowest BCUT2D eigenvalue weighted by Gasteiger charge is -2.16. The zero-order valence-electron chi connectivity index (χ0n) is 9.95. The molecular weight excluding hydrogens is 270 g/mol. The highest BCUT2D eigenvalue weighted by Gasteiger charge is 2.15. The number of benzene rings is 1. The Morgan fingerprint density at radius 1 is 1.38 bits per heavy atom. The molecule has 0 aliphatic rings. The van der Waals surface area contributed by atoms with Crippen LogP contribution in [-0.4, -0.2) is 31.0 Å². The highest BCUT2D eigenvalue weighted by molar-refractivity contribution is 9.10. The van der Waals surface area contributed by atoms with E-state index in [1.165, 1.54) is 0 Å². The van der Waals surface area contributed by atoms with Gasteiger partial charge in [-0.2, -0.15) is 0 Å². The van der Waals surface area contributed by atoms with E-state index in [0.29, 0.717) is 15.8 Å². The number of carbonyl (C=O) groups excluding carboxylic acids is 1. The maximum Gasteiger partial charge on any atom is 0.254 e. The first-order chi connectivity index (χ1) is 7.43. The normalized spacial score (nSPS) is 10.4. The minimum absolute atomic E-state index is 0.0407. The molecule has 1 aromatic carbocycles. The average Bonchev–Trinajstić information content (AvgIpc) is 2.19. The maximum atomic E-state index is 11.8. The zero-order valence-corrected chi connectivity index (χ0v) is 11.5. The number of amides is 1. The third kappa shape index (κ3) is 2.98. The van der Waals surface area contributed by atoms with Crippen LogP contribution in [0.1, 0.15) is 24.2 Å². The molecule has 0 saturated heterocycles. The number of ether oxygens (including phenoxy) is 1. The van der Waals surface area contributed by atoms with Gasteiger partial charge in [0.25, 0.3) is 5.91 Å². The monoisotopic (exact) mass is 285 g/mol. The van der Waals surface area contributed by atoms with E-state index in [2.05, 4.69) is 15.9 Å². The fourth-order valence-electron chi connectivity index (χ4n) is 1.26. The molecule has 0 aliphatic carbocycles. The van der Waals surface area contributed by atoms with Gasteiger partial charge in [-0.3, -0.25) is 4.79 Å². The van der Waals surface area contributed by atoms with E-state index in [1.54, 1.807) is 25.1 Å². The maximum absolute atomic E-state index is 11.8. The first-order valence-corrected chi connectivity index (χ1v) is 5.89. The third-order valence-electron chi connectivity index (χ3n) is 1.96. The van der Waals surface area contributed by atoms with E-state index in [4.69, 9.17) is 4.74 Å². The van der Waals surface area contributed by atoms with Gasteiger partial charge in [0, 0.05) is 14.1 Å². The Morgan fingerprint density at radius 2 is 2.00 bits per heavy atom. The SMILES string of the molecule is CC(C)Oc1cccc(C(=O)N(C)C)c1Br. The second kappa shape index (κ2) is 5.34. The van der Waals surface area contributed by atoms with Gasteiger partial charge in [0.15, 0.2) is 0 Å². The Kier molecular flexibility index (Phi) is 4.35. The van der Waals surface area contributed by atoms with Crippen LogP contribution in [0, 0.1) is 0 Å². The number of hydrogen-bond acceptors (Lipinski definition) is 2. The molecule has 3 nitrogen and oxygen atoms in total. The summed E-state index contributed by atoms with van der Waals surface area (Å²) in [6.07, 6.45) is 0.0843. The first kappa shape index (κ1) is 13.0. The second-order valence-corrected chi connectivity index (χ2v) is 4.78. The van der Waals surface area contributed by atoms with Crippen LogP contribution in [0.15, 0.2) is 22.7 Å². The van der Waals surface area contributed by atoms with Gasteiger partial charge in [0.05, 0.1) is 16.1 Å². The summed E-state index contributed by atoms with van der Waals surface area (Å²) < 4.78 is 6.31. The topological polar surface area (TPSA) is 29.5 Å². The van der Waals surface area contributed by atoms with Crippen molar-refractivity contribution < 1.29 is 9.53 Å². The minimum atomic E-state index is -0.0407. The van der Waals surface area contributed by atoms with Crippen LogP contribution >= 0.6 is 15.9 Å². The minimum Gasteiger partial charge on any atom is -0.490 e. The summed E-state index contributed by atoms with van der Waals surface area (Å²) in [5, 5.41) is 0. The van der Waals surface area contributed by atoms with Crippen molar-refractivity contribution in [2.75, 3.05) is 14.1 Å². The smallest absolute Gasteiger partial charge is 0.254 e. The van der Waals surface area contributed by atoms with E-state index in [1.807, 2.05) is 26.0 Å². The van der Waals surface area contributed by atoms with Crippen molar-refractivity contribution in [2.45, 2.75) is 20.0 Å². The molecule has 4 heteroatoms. The predicted octanol–water partition coefficient (Wildman–Crippen LogP) is 2.94. The number of hydrogen-bond donors (Lipinski definition) is 0. The summed E-state index contributed by atoms with van der Waals surface area (Å²) in [4.78, 5) is 13.4. The summed E-state index contributed by atoms with van der Waals surface area (Å²) in [5.74, 6) is 0.656. The molecule has 1 aromatic rings. The van der Waals surface area contributed by atoms with Crippen LogP contribution in [-0.2, 0) is 0 Å². The third-order valence-corrected chi connectivity index (χ3v) is 2.78. The number of halogens is 1. The molecule has 0 aromatic heterocycles. The van der Waals surface area contributed by atoms with Crippen molar-refractivity contribution in [3.05, 3.63) is 28.2 Å². The molecule has 88 valence electrons. The molecule has 0 saturated carbocycles. The van der Waals surface area contributed by atoms with Crippen molar-refractivity contribution >= 4 is 21.8 Å². The summed E-state index contributed by atoms with van der Waals surface area (Å²) in [6, 6.07) is 5.44. The van der Waals surface area contributed by atoms with Gasteiger partial charge in [-0.1, -0.05) is 6.07 Å². The highest BCUT2D eigenvalue weighted by Crippen LogP contribution is 2.29. The van der Waals surface area contributed by atoms with E-state index >= 15 is 0 Å². The summed E-state index contributed by atoms with van der Waals surface area (Å²) in [7, 11) is 3.45. The average molecular weight is 286 g/mol. The highest BCUT2D eigenvalue weighted by atomic mass is 79.9. The van der Waals surface area contributed by atoms with Crippen LogP contribution in [0.3, 0.4) is 0 Å². The molecular formula is C12H16BrNO2. The summed E-state index contributed by atoms with van der Waals surface area (Å²) in [6.45, 7) is 3.90. The van der Waals surface area contributed by atoms with Crippen molar-refractivity contribution in [1.82, 2.24) is 4.90 Å². The molecule has 0 radical (unpaired) electrons. The number of carbonyl (C=O) groups is 1. The predicted molar refractivity (Wildman–Crippen MR) is 67.9 cm³/mol. The van der Waals surface area contributed by atoms with Crippen molar-refractivity contribution in [3.8, 4) is 5.75 Å². The standard InChI is InChI=1S/C12H16BrNO2/c1-8(2)16-10-7-5-6-9(11(10)13)12(15)14(3)4/h5-8H,1-4H3. The van der Waals surface area contributed by atoms with E-state index in [9.17, 15) is 4.79 Å². The second-order valence-electron chi connectivity index (χ2n) is 3.98. The Bertz CT molecular complexity index is 389. The lowest BCUT2D eigenvalue weighted by Crippen LogP contribution is -2.22. The fourth-order valence-corrected chi connectivity index (χ4v) is 1.79. The first-order valence-electron chi connectivity index (χ1n) is 5.10. The van der Waals surface area contributed by atoms with Crippen LogP contribution in [0.25, 0.3) is 0 Å². The van der Waals surface area contributed by atoms with Gasteiger partial charge in [-0.05, 0) is 41.9 Å². The van der Waals surface area contributed by atoms with Gasteiger partial charge in [0.2, 0.25) is 0 Å². The number of rotatable bonds is 3. The molecule has 0 atom stereocenters. The quantitative estimate of drug-likeness (QED) is 0.855. The van der Waals surface area contributed by atoms with Crippen molar-refractivity contribution in [1.29, 1.82) is 0 Å². The lowest BCUT2D eigenvalue weighted by atomic mass is 10.2. The van der Waals surface area contributed by atoms with Gasteiger partial charge >= 0.3 is 0 Å². The van der Waals surface area contributed by atoms with Gasteiger partial charge in [-0.15, -0.1) is 0 Å². The molecule has 1 amide bonds. The molecule has 0 fully saturated rings. The van der Waals surface area contributed by atoms with E-state index in [-0.39, 0.29) is 12.0 Å². The van der Waals surface area contributed by atoms with Gasteiger partial charge < -0.3 is 9.64 Å². The molecule has 16 heavy (non-hydrogen) atoms. The van der Waals surface area contributed by atoms with Crippen LogP contribution in [0.5, 0.6) is 5.75 Å². The lowest BCUT2D eigenvalue weighted by molar-refractivity contribution is 0.0826. The van der Waals surface area contributed by atoms with Gasteiger partial charge in [0.1, 0.15) is 5.75 Å². The van der Waals surface area contributed by atoms with Crippen molar-refractivity contribution in [3.63, 3.8) is 0 Å². The molecule has 1 rings (SSSR count). The Balaban J connectivity index is 3.08. The fraction of sp³-hybridized carbons (Fsp3) is 0.417. The molecule has 0 N–H and O–H groups in total. The molecule has 0 unspecified atom stereocenters. The molecule has 0 spiro atoms. The Labute approximate surface area is 105 Å². The van der Waals surface area contributed by atoms with Gasteiger partial charge in [-0.25, -0.2) is 0 Å². The van der Waals surface area contributed by atoms with E-state index < -0.39 is 0 Å². The zero-order chi connectivity index (χ0) is 12.3. The Hall–Kier alpha value is -1.03. The van der Waals surface area contributed by atoms with E-state index in [0.717, 1.165) is 0 Å². The molecule has 0 heterocycles. The molecule has 0 bridgehead atoms. The Morgan fingerprint density at radius 3 is 2.50 bits per heavy atom. The summed E-state index contributed by atoms with van der Waals surface area (Å²) >= 11 is 3.41. The summed E-state index contributed by atoms with van der Waals surface area (Å²) in [5.41, 5.74) is 0.614. The van der Waals surface area contributed by atoms with Crippen LogP contribution in [0.4, 0.5) is 0 Å².